The Labute approximate surface area is 107 Å². The number of hydrogen-bond donors (Lipinski definition) is 1. The van der Waals surface area contributed by atoms with Crippen LogP contribution >= 0.6 is 0 Å². The van der Waals surface area contributed by atoms with E-state index in [0.717, 1.165) is 25.7 Å². The van der Waals surface area contributed by atoms with Gasteiger partial charge in [-0.25, -0.2) is 0 Å². The average molecular weight is 242 g/mol. The number of benzene rings is 1. The second-order valence-electron chi connectivity index (χ2n) is 5.26. The predicted molar refractivity (Wildman–Crippen MR) is 70.6 cm³/mol. The number of fused-ring (bicyclic) bond motifs is 1. The highest BCUT2D eigenvalue weighted by atomic mass is 16.3. The van der Waals surface area contributed by atoms with Gasteiger partial charge in [-0.2, -0.15) is 0 Å². The second kappa shape index (κ2) is 4.62. The molecule has 2 nitrogen and oxygen atoms in total. The molecule has 94 valence electrons. The van der Waals surface area contributed by atoms with E-state index in [1.165, 1.54) is 16.7 Å². The van der Waals surface area contributed by atoms with E-state index in [4.69, 9.17) is 4.42 Å². The van der Waals surface area contributed by atoms with Crippen LogP contribution in [0.4, 0.5) is 0 Å². The fraction of sp³-hybridized carbons (Fsp3) is 0.375. The van der Waals surface area contributed by atoms with Crippen LogP contribution in [0.25, 0.3) is 0 Å². The number of aliphatic hydroxyl groups excluding tert-OH is 1. The third-order valence-corrected chi connectivity index (χ3v) is 4.12. The molecule has 1 heterocycles. The van der Waals surface area contributed by atoms with E-state index in [1.807, 2.05) is 6.07 Å². The standard InChI is InChI=1S/C16H18O2/c17-12-16(10-13-7-9-18-11-13)8-3-5-14-4-1-2-6-15(14)16/h1-2,4,6-7,9,11,17H,3,5,8,10,12H2. The largest absolute Gasteiger partial charge is 0.472 e. The lowest BCUT2D eigenvalue weighted by molar-refractivity contribution is 0.173. The summed E-state index contributed by atoms with van der Waals surface area (Å²) in [7, 11) is 0. The smallest absolute Gasteiger partial charge is 0.0934 e. The van der Waals surface area contributed by atoms with Crippen LogP contribution in [0.3, 0.4) is 0 Å². The molecule has 0 aliphatic heterocycles. The molecule has 0 bridgehead atoms. The molecule has 1 unspecified atom stereocenters. The van der Waals surface area contributed by atoms with Gasteiger partial charge < -0.3 is 9.52 Å². The second-order valence-corrected chi connectivity index (χ2v) is 5.26. The lowest BCUT2D eigenvalue weighted by Gasteiger charge is -2.37. The fourth-order valence-electron chi connectivity index (χ4n) is 3.20. The number of aryl methyl sites for hydroxylation is 1. The Bertz CT molecular complexity index is 516. The first-order valence-electron chi connectivity index (χ1n) is 6.54. The van der Waals surface area contributed by atoms with Crippen molar-refractivity contribution in [1.82, 2.24) is 0 Å². The van der Waals surface area contributed by atoms with Crippen LogP contribution in [0, 0.1) is 0 Å². The Morgan fingerprint density at radius 3 is 2.89 bits per heavy atom. The predicted octanol–water partition coefficient (Wildman–Crippen LogP) is 3.09. The minimum absolute atomic E-state index is 0.126. The van der Waals surface area contributed by atoms with Gasteiger partial charge in [0.05, 0.1) is 19.1 Å². The van der Waals surface area contributed by atoms with Crippen molar-refractivity contribution in [3.8, 4) is 0 Å². The van der Waals surface area contributed by atoms with Gasteiger partial charge in [-0.15, -0.1) is 0 Å². The van der Waals surface area contributed by atoms with Crippen LogP contribution in [0.15, 0.2) is 47.3 Å². The number of furan rings is 1. The van der Waals surface area contributed by atoms with Gasteiger partial charge in [-0.1, -0.05) is 24.3 Å². The highest BCUT2D eigenvalue weighted by molar-refractivity contribution is 5.38. The minimum Gasteiger partial charge on any atom is -0.472 e. The number of rotatable bonds is 3. The third-order valence-electron chi connectivity index (χ3n) is 4.12. The molecule has 3 rings (SSSR count). The van der Waals surface area contributed by atoms with Gasteiger partial charge in [0, 0.05) is 5.41 Å². The van der Waals surface area contributed by atoms with Gasteiger partial charge in [-0.05, 0) is 48.4 Å². The Kier molecular flexibility index (Phi) is 2.96. The first-order valence-corrected chi connectivity index (χ1v) is 6.54. The van der Waals surface area contributed by atoms with Crippen molar-refractivity contribution >= 4 is 0 Å². The summed E-state index contributed by atoms with van der Waals surface area (Å²) in [5.41, 5.74) is 3.75. The molecule has 1 atom stereocenters. The Balaban J connectivity index is 2.02. The fourth-order valence-corrected chi connectivity index (χ4v) is 3.20. The molecule has 0 fully saturated rings. The van der Waals surface area contributed by atoms with Crippen LogP contribution < -0.4 is 0 Å². The molecule has 18 heavy (non-hydrogen) atoms. The van der Waals surface area contributed by atoms with E-state index in [-0.39, 0.29) is 12.0 Å². The van der Waals surface area contributed by atoms with Crippen molar-refractivity contribution in [1.29, 1.82) is 0 Å². The van der Waals surface area contributed by atoms with E-state index in [0.29, 0.717) is 0 Å². The van der Waals surface area contributed by atoms with Crippen molar-refractivity contribution in [3.63, 3.8) is 0 Å². The molecule has 0 spiro atoms. The Hall–Kier alpha value is -1.54. The summed E-state index contributed by atoms with van der Waals surface area (Å²) in [4.78, 5) is 0. The van der Waals surface area contributed by atoms with Crippen LogP contribution in [0.1, 0.15) is 29.5 Å². The summed E-state index contributed by atoms with van der Waals surface area (Å²) in [6.45, 7) is 0.204. The van der Waals surface area contributed by atoms with Crippen molar-refractivity contribution in [3.05, 3.63) is 59.5 Å². The molecule has 1 aromatic heterocycles. The zero-order valence-electron chi connectivity index (χ0n) is 10.4. The monoisotopic (exact) mass is 242 g/mol. The maximum absolute atomic E-state index is 9.96. The van der Waals surface area contributed by atoms with E-state index < -0.39 is 0 Å². The van der Waals surface area contributed by atoms with Crippen LogP contribution in [0.2, 0.25) is 0 Å². The van der Waals surface area contributed by atoms with Gasteiger partial charge in [0.2, 0.25) is 0 Å². The van der Waals surface area contributed by atoms with E-state index in [1.54, 1.807) is 12.5 Å². The summed E-state index contributed by atoms with van der Waals surface area (Å²) in [5.74, 6) is 0. The summed E-state index contributed by atoms with van der Waals surface area (Å²) in [6.07, 6.45) is 7.67. The quantitative estimate of drug-likeness (QED) is 0.897. The number of aliphatic hydroxyl groups is 1. The maximum Gasteiger partial charge on any atom is 0.0934 e. The average Bonchev–Trinajstić information content (AvgIpc) is 2.92. The summed E-state index contributed by atoms with van der Waals surface area (Å²) >= 11 is 0. The van der Waals surface area contributed by atoms with Crippen molar-refractivity contribution in [2.45, 2.75) is 31.1 Å². The van der Waals surface area contributed by atoms with Crippen LogP contribution in [-0.2, 0) is 18.3 Å². The van der Waals surface area contributed by atoms with E-state index in [2.05, 4.69) is 24.3 Å². The molecule has 2 heteroatoms. The van der Waals surface area contributed by atoms with Gasteiger partial charge in [-0.3, -0.25) is 0 Å². The highest BCUT2D eigenvalue weighted by Crippen LogP contribution is 2.39. The van der Waals surface area contributed by atoms with Gasteiger partial charge in [0.25, 0.3) is 0 Å². The molecule has 0 saturated heterocycles. The topological polar surface area (TPSA) is 33.4 Å². The first kappa shape index (κ1) is 11.5. The summed E-state index contributed by atoms with van der Waals surface area (Å²) < 4.78 is 5.15. The van der Waals surface area contributed by atoms with Crippen molar-refractivity contribution in [2.24, 2.45) is 0 Å². The molecule has 1 aliphatic rings. The molecular weight excluding hydrogens is 224 g/mol. The third kappa shape index (κ3) is 1.87. The molecule has 1 aromatic carbocycles. The van der Waals surface area contributed by atoms with Gasteiger partial charge >= 0.3 is 0 Å². The molecule has 0 saturated carbocycles. The van der Waals surface area contributed by atoms with Crippen molar-refractivity contribution in [2.75, 3.05) is 6.61 Å². The molecule has 0 amide bonds. The van der Waals surface area contributed by atoms with Crippen LogP contribution in [-0.4, -0.2) is 11.7 Å². The summed E-state index contributed by atoms with van der Waals surface area (Å²) in [5, 5.41) is 9.96. The van der Waals surface area contributed by atoms with Gasteiger partial charge in [0.15, 0.2) is 0 Å². The van der Waals surface area contributed by atoms with Crippen LogP contribution in [0.5, 0.6) is 0 Å². The Morgan fingerprint density at radius 1 is 1.22 bits per heavy atom. The number of hydrogen-bond acceptors (Lipinski definition) is 2. The van der Waals surface area contributed by atoms with E-state index in [9.17, 15) is 5.11 Å². The maximum atomic E-state index is 9.96. The molecule has 2 aromatic rings. The van der Waals surface area contributed by atoms with Gasteiger partial charge in [0.1, 0.15) is 0 Å². The first-order chi connectivity index (χ1) is 8.84. The Morgan fingerprint density at radius 2 is 2.11 bits per heavy atom. The SMILES string of the molecule is OCC1(Cc2ccoc2)CCCc2ccccc21. The van der Waals surface area contributed by atoms with E-state index >= 15 is 0 Å². The lowest BCUT2D eigenvalue weighted by atomic mass is 9.67. The zero-order chi connectivity index (χ0) is 12.4. The lowest BCUT2D eigenvalue weighted by Crippen LogP contribution is -2.36. The summed E-state index contributed by atoms with van der Waals surface area (Å²) in [6, 6.07) is 10.5. The molecule has 1 aliphatic carbocycles. The minimum atomic E-state index is -0.126. The molecular formula is C16H18O2. The van der Waals surface area contributed by atoms with Crippen molar-refractivity contribution < 1.29 is 9.52 Å². The molecule has 0 radical (unpaired) electrons. The zero-order valence-corrected chi connectivity index (χ0v) is 10.4. The normalized spacial score (nSPS) is 22.7. The highest BCUT2D eigenvalue weighted by Gasteiger charge is 2.36. The molecule has 1 N–H and O–H groups in total.